The van der Waals surface area contributed by atoms with Gasteiger partial charge in [-0.15, -0.1) is 0 Å². The molecule has 2 aromatic heterocycles. The summed E-state index contributed by atoms with van der Waals surface area (Å²) in [6.07, 6.45) is 1.96. The lowest BCUT2D eigenvalue weighted by atomic mass is 10.2. The summed E-state index contributed by atoms with van der Waals surface area (Å²) >= 11 is 5.91. The Labute approximate surface area is 109 Å². The zero-order chi connectivity index (χ0) is 13.0. The van der Waals surface area contributed by atoms with Gasteiger partial charge in [0.1, 0.15) is 17.3 Å². The molecule has 1 atom stereocenters. The number of nitrogens with zero attached hydrogens (tertiary/aromatic N) is 4. The van der Waals surface area contributed by atoms with E-state index in [-0.39, 0.29) is 12.6 Å². The lowest BCUT2D eigenvalue weighted by Gasteiger charge is -2.18. The van der Waals surface area contributed by atoms with Gasteiger partial charge in [0.05, 0.1) is 12.6 Å². The summed E-state index contributed by atoms with van der Waals surface area (Å²) in [5.41, 5.74) is 0. The summed E-state index contributed by atoms with van der Waals surface area (Å²) in [4.78, 5) is 8.00. The van der Waals surface area contributed by atoms with Gasteiger partial charge in [-0.3, -0.25) is 0 Å². The predicted octanol–water partition coefficient (Wildman–Crippen LogP) is 0.587. The Balaban J connectivity index is 2.26. The minimum absolute atomic E-state index is 0.0362. The van der Waals surface area contributed by atoms with Crippen molar-refractivity contribution in [3.63, 3.8) is 0 Å². The molecular weight excluding hydrogens is 258 g/mol. The molecule has 0 aliphatic heterocycles. The van der Waals surface area contributed by atoms with Crippen LogP contribution in [0.3, 0.4) is 0 Å². The maximum absolute atomic E-state index is 9.00. The normalized spacial score (nSPS) is 12.8. The highest BCUT2D eigenvalue weighted by atomic mass is 35.5. The third-order valence-electron chi connectivity index (χ3n) is 2.42. The molecule has 1 unspecified atom stereocenters. The van der Waals surface area contributed by atoms with Crippen molar-refractivity contribution < 1.29 is 9.84 Å². The number of methoxy groups -OCH3 is 1. The van der Waals surface area contributed by atoms with Crippen LogP contribution in [-0.4, -0.2) is 51.1 Å². The zero-order valence-corrected chi connectivity index (χ0v) is 10.6. The van der Waals surface area contributed by atoms with Crippen molar-refractivity contribution in [3.05, 3.63) is 17.5 Å². The van der Waals surface area contributed by atoms with Gasteiger partial charge in [-0.2, -0.15) is 19.6 Å². The second-order valence-electron chi connectivity index (χ2n) is 3.74. The van der Waals surface area contributed by atoms with E-state index in [2.05, 4.69) is 20.4 Å². The summed E-state index contributed by atoms with van der Waals surface area (Å²) in [7, 11) is 1.61. The van der Waals surface area contributed by atoms with E-state index < -0.39 is 0 Å². The number of rotatable bonds is 6. The van der Waals surface area contributed by atoms with Gasteiger partial charge >= 0.3 is 0 Å². The molecule has 0 bridgehead atoms. The number of aliphatic hydroxyl groups is 1. The average molecular weight is 272 g/mol. The van der Waals surface area contributed by atoms with Crippen LogP contribution in [0.25, 0.3) is 5.78 Å². The van der Waals surface area contributed by atoms with Crippen LogP contribution in [0.15, 0.2) is 12.4 Å². The fraction of sp³-hybridized carbons (Fsp3) is 0.500. The van der Waals surface area contributed by atoms with Gasteiger partial charge in [-0.05, 0) is 6.42 Å². The van der Waals surface area contributed by atoms with Crippen LogP contribution in [0, 0.1) is 0 Å². The fourth-order valence-electron chi connectivity index (χ4n) is 1.65. The first-order valence-corrected chi connectivity index (χ1v) is 5.85. The van der Waals surface area contributed by atoms with Crippen molar-refractivity contribution in [1.82, 2.24) is 19.6 Å². The molecule has 18 heavy (non-hydrogen) atoms. The smallest absolute Gasteiger partial charge is 0.255 e. The molecule has 0 aliphatic rings. The van der Waals surface area contributed by atoms with Gasteiger partial charge in [0, 0.05) is 19.8 Å². The number of nitrogens with one attached hydrogen (secondary N) is 1. The molecule has 2 aromatic rings. The molecule has 0 fully saturated rings. The van der Waals surface area contributed by atoms with E-state index in [1.807, 2.05) is 0 Å². The Morgan fingerprint density at radius 1 is 1.61 bits per heavy atom. The van der Waals surface area contributed by atoms with Gasteiger partial charge in [-0.25, -0.2) is 0 Å². The minimum Gasteiger partial charge on any atom is -0.396 e. The molecule has 0 saturated carbocycles. The van der Waals surface area contributed by atoms with Gasteiger partial charge < -0.3 is 15.2 Å². The highest BCUT2D eigenvalue weighted by Gasteiger charge is 2.12. The van der Waals surface area contributed by atoms with Crippen molar-refractivity contribution in [1.29, 1.82) is 0 Å². The van der Waals surface area contributed by atoms with E-state index in [9.17, 15) is 0 Å². The Morgan fingerprint density at radius 2 is 2.44 bits per heavy atom. The first kappa shape index (κ1) is 13.0. The Kier molecular flexibility index (Phi) is 4.29. The second kappa shape index (κ2) is 5.94. The zero-order valence-electron chi connectivity index (χ0n) is 9.88. The van der Waals surface area contributed by atoms with Crippen molar-refractivity contribution in [2.75, 3.05) is 25.6 Å². The van der Waals surface area contributed by atoms with Crippen LogP contribution in [0.1, 0.15) is 6.42 Å². The molecule has 2 heterocycles. The molecule has 2 rings (SSSR count). The molecule has 98 valence electrons. The maximum atomic E-state index is 9.00. The first-order chi connectivity index (χ1) is 8.74. The highest BCUT2D eigenvalue weighted by molar-refractivity contribution is 6.29. The number of aromatic nitrogens is 4. The molecule has 0 amide bonds. The molecule has 7 nitrogen and oxygen atoms in total. The number of anilines is 1. The molecule has 0 aliphatic carbocycles. The quantitative estimate of drug-likeness (QED) is 0.748. The number of hydrogen-bond acceptors (Lipinski definition) is 6. The number of hydrogen-bond donors (Lipinski definition) is 2. The summed E-state index contributed by atoms with van der Waals surface area (Å²) in [5.74, 6) is 1.09. The highest BCUT2D eigenvalue weighted by Crippen LogP contribution is 2.16. The monoisotopic (exact) mass is 271 g/mol. The van der Waals surface area contributed by atoms with Crippen LogP contribution < -0.4 is 5.32 Å². The molecule has 0 aromatic carbocycles. The van der Waals surface area contributed by atoms with Gasteiger partial charge in [0.25, 0.3) is 5.78 Å². The fourth-order valence-corrected chi connectivity index (χ4v) is 1.83. The molecule has 2 N–H and O–H groups in total. The average Bonchev–Trinajstić information content (AvgIpc) is 2.77. The summed E-state index contributed by atoms with van der Waals surface area (Å²) in [6, 6.07) is 1.62. The van der Waals surface area contributed by atoms with Gasteiger partial charge in [0.15, 0.2) is 0 Å². The molecule has 8 heteroatoms. The van der Waals surface area contributed by atoms with E-state index in [1.54, 1.807) is 17.7 Å². The number of aliphatic hydroxyl groups excluding tert-OH is 1. The molecule has 0 spiro atoms. The maximum Gasteiger partial charge on any atom is 0.255 e. The Morgan fingerprint density at radius 3 is 3.17 bits per heavy atom. The number of halogens is 1. The van der Waals surface area contributed by atoms with Crippen molar-refractivity contribution in [2.24, 2.45) is 0 Å². The Bertz CT molecular complexity index is 512. The summed E-state index contributed by atoms with van der Waals surface area (Å²) in [6.45, 7) is 0.539. The van der Waals surface area contributed by atoms with Crippen LogP contribution in [-0.2, 0) is 4.74 Å². The van der Waals surface area contributed by atoms with Crippen molar-refractivity contribution >= 4 is 23.2 Å². The lowest BCUT2D eigenvalue weighted by Crippen LogP contribution is -2.27. The number of fused-ring (bicyclic) bond motifs is 1. The first-order valence-electron chi connectivity index (χ1n) is 5.47. The molecule has 0 saturated heterocycles. The minimum atomic E-state index is -0.0362. The van der Waals surface area contributed by atoms with Crippen LogP contribution in [0.2, 0.25) is 5.15 Å². The van der Waals surface area contributed by atoms with E-state index >= 15 is 0 Å². The van der Waals surface area contributed by atoms with Crippen LogP contribution in [0.5, 0.6) is 0 Å². The SMILES string of the molecule is COCC(CCO)Nc1cc(Cl)nc2ncnn12. The van der Waals surface area contributed by atoms with Crippen molar-refractivity contribution in [2.45, 2.75) is 12.5 Å². The summed E-state index contributed by atoms with van der Waals surface area (Å²) < 4.78 is 6.63. The second-order valence-corrected chi connectivity index (χ2v) is 4.13. The van der Waals surface area contributed by atoms with E-state index in [0.717, 1.165) is 0 Å². The van der Waals surface area contributed by atoms with Crippen LogP contribution >= 0.6 is 11.6 Å². The van der Waals surface area contributed by atoms with Gasteiger partial charge in [-0.1, -0.05) is 11.6 Å². The Hall–Kier alpha value is -1.44. The largest absolute Gasteiger partial charge is 0.396 e. The molecular formula is C10H14ClN5O2. The lowest BCUT2D eigenvalue weighted by molar-refractivity contribution is 0.170. The summed E-state index contributed by atoms with van der Waals surface area (Å²) in [5, 5.41) is 16.6. The van der Waals surface area contributed by atoms with Crippen LogP contribution in [0.4, 0.5) is 5.82 Å². The predicted molar refractivity (Wildman–Crippen MR) is 66.8 cm³/mol. The van der Waals surface area contributed by atoms with Crippen molar-refractivity contribution in [3.8, 4) is 0 Å². The van der Waals surface area contributed by atoms with Gasteiger partial charge in [0.2, 0.25) is 0 Å². The molecule has 0 radical (unpaired) electrons. The number of ether oxygens (including phenoxy) is 1. The topological polar surface area (TPSA) is 84.6 Å². The standard InChI is InChI=1S/C10H14ClN5O2/c1-18-5-7(2-3-17)14-9-4-8(11)15-10-12-6-13-16(9)10/h4,6-7,14,17H,2-3,5H2,1H3. The van der Waals surface area contributed by atoms with E-state index in [0.29, 0.717) is 29.8 Å². The third kappa shape index (κ3) is 2.87. The van der Waals surface area contributed by atoms with E-state index in [4.69, 9.17) is 21.4 Å². The van der Waals surface area contributed by atoms with E-state index in [1.165, 1.54) is 6.33 Å². The third-order valence-corrected chi connectivity index (χ3v) is 2.61.